The summed E-state index contributed by atoms with van der Waals surface area (Å²) in [5.74, 6) is -0.994. The van der Waals surface area contributed by atoms with E-state index in [0.29, 0.717) is 12.8 Å². The average molecular weight is 170 g/mol. The third-order valence-electron chi connectivity index (χ3n) is 1.76. The molecule has 66 valence electrons. The van der Waals surface area contributed by atoms with Crippen molar-refractivity contribution < 1.29 is 14.7 Å². The molecule has 2 amide bonds. The molecule has 0 saturated carbocycles. The third kappa shape index (κ3) is 1.75. The lowest BCUT2D eigenvalue weighted by Crippen LogP contribution is -2.39. The Morgan fingerprint density at radius 2 is 2.33 bits per heavy atom. The molecule has 1 aliphatic rings. The van der Waals surface area contributed by atoms with Crippen LogP contribution in [0.3, 0.4) is 0 Å². The van der Waals surface area contributed by atoms with Crippen molar-refractivity contribution in [3.05, 3.63) is 11.6 Å². The lowest BCUT2D eigenvalue weighted by molar-refractivity contribution is -0.132. The van der Waals surface area contributed by atoms with Gasteiger partial charge < -0.3 is 16.2 Å². The Labute approximate surface area is 69.2 Å². The topological polar surface area (TPSA) is 92.4 Å². The van der Waals surface area contributed by atoms with Crippen molar-refractivity contribution >= 4 is 12.0 Å². The molecule has 0 aromatic rings. The van der Waals surface area contributed by atoms with Crippen LogP contribution in [0.25, 0.3) is 0 Å². The van der Waals surface area contributed by atoms with E-state index in [1.165, 1.54) is 0 Å². The molecule has 0 radical (unpaired) electrons. The summed E-state index contributed by atoms with van der Waals surface area (Å²) in [6, 6.07) is -1.10. The predicted octanol–water partition coefficient (Wildman–Crippen LogP) is -0.172. The summed E-state index contributed by atoms with van der Waals surface area (Å²) in [5.41, 5.74) is 5.09. The number of nitrogens with one attached hydrogen (secondary N) is 1. The molecular weight excluding hydrogens is 160 g/mol. The highest BCUT2D eigenvalue weighted by Crippen LogP contribution is 2.18. The Morgan fingerprint density at radius 1 is 1.67 bits per heavy atom. The molecule has 12 heavy (non-hydrogen) atoms. The predicted molar refractivity (Wildman–Crippen MR) is 41.5 cm³/mol. The molecular formula is C7H10N2O3. The Balaban J connectivity index is 2.62. The van der Waals surface area contributed by atoms with E-state index in [2.05, 4.69) is 5.32 Å². The fraction of sp³-hybridized carbons (Fsp3) is 0.429. The van der Waals surface area contributed by atoms with Crippen molar-refractivity contribution in [1.82, 2.24) is 5.32 Å². The van der Waals surface area contributed by atoms with E-state index in [4.69, 9.17) is 10.8 Å². The van der Waals surface area contributed by atoms with Gasteiger partial charge in [0.05, 0.1) is 11.6 Å². The molecule has 0 heterocycles. The first-order valence-corrected chi connectivity index (χ1v) is 3.60. The molecule has 0 fully saturated rings. The second-order valence-electron chi connectivity index (χ2n) is 2.60. The zero-order chi connectivity index (χ0) is 9.14. The number of nitrogens with two attached hydrogens (primary N) is 1. The molecule has 5 nitrogen and oxygen atoms in total. The zero-order valence-electron chi connectivity index (χ0n) is 6.41. The number of primary amides is 1. The molecule has 4 N–H and O–H groups in total. The smallest absolute Gasteiger partial charge is 0.333 e. The van der Waals surface area contributed by atoms with Crippen LogP contribution >= 0.6 is 0 Å². The molecule has 1 aliphatic carbocycles. The number of carboxylic acids is 1. The zero-order valence-corrected chi connectivity index (χ0v) is 6.41. The van der Waals surface area contributed by atoms with Crippen LogP contribution in [0, 0.1) is 0 Å². The number of hydrogen-bond acceptors (Lipinski definition) is 2. The number of aliphatic carboxylic acids is 1. The Bertz CT molecular complexity index is 247. The minimum absolute atomic E-state index is 0.230. The molecule has 0 saturated heterocycles. The van der Waals surface area contributed by atoms with Crippen LogP contribution in [0.5, 0.6) is 0 Å². The molecule has 5 heteroatoms. The monoisotopic (exact) mass is 170 g/mol. The summed E-state index contributed by atoms with van der Waals surface area (Å²) >= 11 is 0. The van der Waals surface area contributed by atoms with Gasteiger partial charge in [0, 0.05) is 0 Å². The van der Waals surface area contributed by atoms with Crippen molar-refractivity contribution in [3.8, 4) is 0 Å². The third-order valence-corrected chi connectivity index (χ3v) is 1.76. The van der Waals surface area contributed by atoms with Crippen LogP contribution in [0.4, 0.5) is 4.79 Å². The van der Waals surface area contributed by atoms with Crippen LogP contribution in [0.15, 0.2) is 11.6 Å². The summed E-state index contributed by atoms with van der Waals surface area (Å²) in [4.78, 5) is 20.9. The van der Waals surface area contributed by atoms with Crippen molar-refractivity contribution in [1.29, 1.82) is 0 Å². The number of urea groups is 1. The highest BCUT2D eigenvalue weighted by molar-refractivity contribution is 5.89. The van der Waals surface area contributed by atoms with Gasteiger partial charge in [-0.2, -0.15) is 0 Å². The van der Waals surface area contributed by atoms with Gasteiger partial charge in [-0.05, 0) is 12.8 Å². The second-order valence-corrected chi connectivity index (χ2v) is 2.60. The van der Waals surface area contributed by atoms with Gasteiger partial charge in [-0.3, -0.25) is 0 Å². The molecule has 0 aromatic carbocycles. The normalized spacial score (nSPS) is 21.7. The number of hydrogen-bond donors (Lipinski definition) is 3. The van der Waals surface area contributed by atoms with Gasteiger partial charge >= 0.3 is 12.0 Å². The highest BCUT2D eigenvalue weighted by Gasteiger charge is 2.24. The molecule has 0 aromatic heterocycles. The molecule has 0 bridgehead atoms. The maximum atomic E-state index is 10.5. The largest absolute Gasteiger partial charge is 0.478 e. The van der Waals surface area contributed by atoms with E-state index in [9.17, 15) is 9.59 Å². The Kier molecular flexibility index (Phi) is 2.32. The number of allylic oxidation sites excluding steroid dienone is 1. The van der Waals surface area contributed by atoms with Crippen LogP contribution in [0.1, 0.15) is 12.8 Å². The number of carbonyl (C=O) groups is 2. The maximum Gasteiger partial charge on any atom is 0.333 e. The minimum atomic E-state index is -0.994. The second kappa shape index (κ2) is 3.25. The van der Waals surface area contributed by atoms with E-state index in [0.717, 1.165) is 0 Å². The van der Waals surface area contributed by atoms with Crippen LogP contribution in [-0.2, 0) is 4.79 Å². The number of amides is 2. The standard InChI is InChI=1S/C7H10N2O3/c8-7(12)9-5-3-1-2-4(5)6(10)11/h2,5H,1,3H2,(H,10,11)(H3,8,9,12). The van der Waals surface area contributed by atoms with Crippen LogP contribution in [0.2, 0.25) is 0 Å². The lowest BCUT2D eigenvalue weighted by atomic mass is 10.1. The van der Waals surface area contributed by atoms with Gasteiger partial charge in [-0.1, -0.05) is 6.08 Å². The number of rotatable bonds is 2. The van der Waals surface area contributed by atoms with Crippen molar-refractivity contribution in [3.63, 3.8) is 0 Å². The Morgan fingerprint density at radius 3 is 2.83 bits per heavy atom. The molecule has 1 unspecified atom stereocenters. The average Bonchev–Trinajstić information content (AvgIpc) is 2.33. The van der Waals surface area contributed by atoms with Crippen molar-refractivity contribution in [2.75, 3.05) is 0 Å². The molecule has 0 spiro atoms. The summed E-state index contributed by atoms with van der Waals surface area (Å²) in [6.07, 6.45) is 2.89. The quantitative estimate of drug-likeness (QED) is 0.537. The van der Waals surface area contributed by atoms with E-state index < -0.39 is 18.0 Å². The van der Waals surface area contributed by atoms with Gasteiger partial charge in [0.1, 0.15) is 0 Å². The number of carboxylic acid groups (broad SMARTS) is 1. The molecule has 1 rings (SSSR count). The van der Waals surface area contributed by atoms with Crippen molar-refractivity contribution in [2.24, 2.45) is 5.73 Å². The minimum Gasteiger partial charge on any atom is -0.478 e. The maximum absolute atomic E-state index is 10.5. The first kappa shape index (κ1) is 8.58. The lowest BCUT2D eigenvalue weighted by Gasteiger charge is -2.11. The first-order chi connectivity index (χ1) is 5.61. The van der Waals surface area contributed by atoms with E-state index in [1.54, 1.807) is 6.08 Å². The first-order valence-electron chi connectivity index (χ1n) is 3.60. The van der Waals surface area contributed by atoms with Gasteiger partial charge in [0.2, 0.25) is 0 Å². The molecule has 0 aliphatic heterocycles. The highest BCUT2D eigenvalue weighted by atomic mass is 16.4. The fourth-order valence-corrected chi connectivity index (χ4v) is 1.26. The number of carbonyl (C=O) groups excluding carboxylic acids is 1. The van der Waals surface area contributed by atoms with Crippen molar-refractivity contribution in [2.45, 2.75) is 18.9 Å². The Hall–Kier alpha value is -1.52. The summed E-state index contributed by atoms with van der Waals surface area (Å²) < 4.78 is 0. The fourth-order valence-electron chi connectivity index (χ4n) is 1.26. The van der Waals surface area contributed by atoms with E-state index in [1.807, 2.05) is 0 Å². The van der Waals surface area contributed by atoms with Crippen LogP contribution < -0.4 is 11.1 Å². The van der Waals surface area contributed by atoms with Gasteiger partial charge in [-0.25, -0.2) is 9.59 Å². The summed E-state index contributed by atoms with van der Waals surface area (Å²) in [7, 11) is 0. The van der Waals surface area contributed by atoms with Crippen LogP contribution in [-0.4, -0.2) is 23.1 Å². The van der Waals surface area contributed by atoms with Gasteiger partial charge in [-0.15, -0.1) is 0 Å². The summed E-state index contributed by atoms with van der Waals surface area (Å²) in [5, 5.41) is 11.0. The molecule has 1 atom stereocenters. The van der Waals surface area contributed by atoms with E-state index >= 15 is 0 Å². The van der Waals surface area contributed by atoms with Gasteiger partial charge in [0.15, 0.2) is 0 Å². The SMILES string of the molecule is NC(=O)NC1CCC=C1C(=O)O. The van der Waals surface area contributed by atoms with Gasteiger partial charge in [0.25, 0.3) is 0 Å². The van der Waals surface area contributed by atoms with E-state index in [-0.39, 0.29) is 5.57 Å². The summed E-state index contributed by atoms with van der Waals surface area (Å²) in [6.45, 7) is 0.